The van der Waals surface area contributed by atoms with Crippen LogP contribution in [0.3, 0.4) is 0 Å². The third kappa shape index (κ3) is 15.5. The summed E-state index contributed by atoms with van der Waals surface area (Å²) in [5.74, 6) is -2.00. The van der Waals surface area contributed by atoms with Crippen molar-refractivity contribution in [1.82, 2.24) is 0 Å². The van der Waals surface area contributed by atoms with Gasteiger partial charge in [-0.15, -0.1) is 0 Å². The number of unbranched alkanes of at least 4 members (excludes halogenated alkanes) is 8. The number of hydrogen-bond donors (Lipinski definition) is 2. The van der Waals surface area contributed by atoms with E-state index in [1.165, 1.54) is 111 Å². The van der Waals surface area contributed by atoms with E-state index in [2.05, 4.69) is 27.7 Å². The molecule has 0 saturated heterocycles. The van der Waals surface area contributed by atoms with E-state index in [-0.39, 0.29) is 11.1 Å². The number of aromatic carboxylic acids is 2. The highest BCUT2D eigenvalue weighted by Crippen LogP contribution is 2.61. The second-order valence-corrected chi connectivity index (χ2v) is 17.5. The van der Waals surface area contributed by atoms with Crippen LogP contribution in [-0.2, 0) is 0 Å². The Balaban J connectivity index is 0.000000410. The van der Waals surface area contributed by atoms with Crippen LogP contribution in [0.25, 0.3) is 0 Å². The fourth-order valence-electron chi connectivity index (χ4n) is 4.98. The summed E-state index contributed by atoms with van der Waals surface area (Å²) >= 11 is 0. The van der Waals surface area contributed by atoms with Crippen molar-refractivity contribution >= 4 is 40.8 Å². The molecule has 2 aromatic carbocycles. The normalized spacial score (nSPS) is 11.1. The van der Waals surface area contributed by atoms with E-state index in [1.807, 2.05) is 0 Å². The van der Waals surface area contributed by atoms with Gasteiger partial charge < -0.3 is 10.2 Å². The van der Waals surface area contributed by atoms with Gasteiger partial charge in [0.15, 0.2) is 0 Å². The van der Waals surface area contributed by atoms with Crippen molar-refractivity contribution in [2.24, 2.45) is 0 Å². The van der Waals surface area contributed by atoms with E-state index in [0.29, 0.717) is 9.79 Å². The third-order valence-corrected chi connectivity index (χ3v) is 14.9. The van der Waals surface area contributed by atoms with Crippen LogP contribution in [0.15, 0.2) is 58.3 Å². The Bertz CT molecular complexity index is 895. The van der Waals surface area contributed by atoms with Gasteiger partial charge in [0.05, 0.1) is 35.8 Å². The molecule has 0 heterocycles. The van der Waals surface area contributed by atoms with Crippen LogP contribution in [-0.4, -0.2) is 46.8 Å². The average molecular weight is 622 g/mol. The molecule has 0 bridgehead atoms. The van der Waals surface area contributed by atoms with Crippen molar-refractivity contribution in [3.8, 4) is 0 Å². The van der Waals surface area contributed by atoms with Crippen molar-refractivity contribution in [1.29, 1.82) is 0 Å². The summed E-state index contributed by atoms with van der Waals surface area (Å²) in [7, 11) is 1.85. The van der Waals surface area contributed by atoms with Crippen molar-refractivity contribution < 1.29 is 19.8 Å². The minimum Gasteiger partial charge on any atom is -0.478 e. The summed E-state index contributed by atoms with van der Waals surface area (Å²) in [6.07, 6.45) is 24.0. The lowest BCUT2D eigenvalue weighted by molar-refractivity contribution is 0.0682. The molecule has 0 aliphatic carbocycles. The predicted octanol–water partition coefficient (Wildman–Crippen LogP) is 11.6. The van der Waals surface area contributed by atoms with Crippen molar-refractivity contribution in [2.45, 2.75) is 115 Å². The largest absolute Gasteiger partial charge is 0.478 e. The van der Waals surface area contributed by atoms with Crippen LogP contribution < -0.4 is 0 Å². The van der Waals surface area contributed by atoms with Crippen LogP contribution in [0.4, 0.5) is 0 Å². The number of hydrogen-bond acceptors (Lipinski definition) is 4. The Morgan fingerprint density at radius 1 is 0.537 bits per heavy atom. The first-order chi connectivity index (χ1) is 19.8. The molecule has 4 nitrogen and oxygen atoms in total. The molecular formula is C34H54O4PS2+. The van der Waals surface area contributed by atoms with Crippen molar-refractivity contribution in [3.05, 3.63) is 59.7 Å². The molecule has 0 aromatic heterocycles. The number of carboxylic acid groups (broad SMARTS) is 2. The van der Waals surface area contributed by atoms with E-state index in [1.54, 1.807) is 61.0 Å². The summed E-state index contributed by atoms with van der Waals surface area (Å²) in [6, 6.07) is 13.3. The zero-order valence-corrected chi connectivity index (χ0v) is 28.4. The molecule has 2 rings (SSSR count). The highest BCUT2D eigenvalue weighted by molar-refractivity contribution is 8.76. The molecule has 230 valence electrons. The summed E-state index contributed by atoms with van der Waals surface area (Å²) in [6.45, 7) is 9.41. The zero-order chi connectivity index (χ0) is 30.3. The Hall–Kier alpha value is -1.49. The van der Waals surface area contributed by atoms with Crippen LogP contribution in [0, 0.1) is 0 Å². The van der Waals surface area contributed by atoms with Gasteiger partial charge in [0, 0.05) is 17.1 Å². The summed E-state index contributed by atoms with van der Waals surface area (Å²) in [4.78, 5) is 23.4. The molecule has 0 saturated carbocycles. The number of benzene rings is 2. The minimum atomic E-state index is -1.000. The van der Waals surface area contributed by atoms with E-state index < -0.39 is 19.2 Å². The first-order valence-corrected chi connectivity index (χ1v) is 20.4. The summed E-state index contributed by atoms with van der Waals surface area (Å²) < 4.78 is 0. The maximum atomic E-state index is 11.1. The highest BCUT2D eigenvalue weighted by Gasteiger charge is 2.34. The molecule has 2 aromatic rings. The predicted molar refractivity (Wildman–Crippen MR) is 183 cm³/mol. The molecule has 0 spiro atoms. The third-order valence-electron chi connectivity index (χ3n) is 7.40. The van der Waals surface area contributed by atoms with Crippen molar-refractivity contribution in [2.75, 3.05) is 24.6 Å². The lowest BCUT2D eigenvalue weighted by Crippen LogP contribution is -2.13. The van der Waals surface area contributed by atoms with Crippen molar-refractivity contribution in [3.63, 3.8) is 0 Å². The van der Waals surface area contributed by atoms with Gasteiger partial charge in [-0.3, -0.25) is 0 Å². The Morgan fingerprint density at radius 2 is 0.829 bits per heavy atom. The highest BCUT2D eigenvalue weighted by atomic mass is 33.1. The number of carboxylic acids is 2. The fraction of sp³-hybridized carbons (Fsp3) is 0.588. The fourth-order valence-corrected chi connectivity index (χ4v) is 12.2. The molecule has 0 amide bonds. The summed E-state index contributed by atoms with van der Waals surface area (Å²) in [5.41, 5.74) is 0.413. The molecule has 0 aliphatic heterocycles. The topological polar surface area (TPSA) is 74.6 Å². The molecule has 0 atom stereocenters. The molecule has 0 radical (unpaired) electrons. The molecule has 2 N–H and O–H groups in total. The monoisotopic (exact) mass is 621 g/mol. The van der Waals surface area contributed by atoms with Gasteiger partial charge in [-0.25, -0.2) is 9.59 Å². The molecule has 0 fully saturated rings. The van der Waals surface area contributed by atoms with Gasteiger partial charge in [-0.1, -0.05) is 125 Å². The standard InChI is InChI=1S/C20H44P.C14H10O4S2/c1-5-9-13-17-21(18-14-10-6-2,19-15-11-7-3)20-16-12-8-4;15-13(16)9-5-1-3-7-11(9)19-20-12-8-4-2-6-10(12)14(17)18/h5-20H2,1-4H3;1-8H,(H,15,16)(H,17,18)/q+1;. The molecule has 7 heteroatoms. The maximum Gasteiger partial charge on any atom is 0.336 e. The Kier molecular flexibility index (Phi) is 21.1. The summed E-state index contributed by atoms with van der Waals surface area (Å²) in [5, 5.41) is 18.2. The van der Waals surface area contributed by atoms with E-state index in [9.17, 15) is 9.59 Å². The van der Waals surface area contributed by atoms with Gasteiger partial charge in [0.1, 0.15) is 0 Å². The van der Waals surface area contributed by atoms with E-state index in [4.69, 9.17) is 10.2 Å². The van der Waals surface area contributed by atoms with Crippen LogP contribution in [0.2, 0.25) is 0 Å². The lowest BCUT2D eigenvalue weighted by Gasteiger charge is -2.28. The lowest BCUT2D eigenvalue weighted by atomic mass is 10.2. The SMILES string of the molecule is CCCCC[P+](CCCCC)(CCCCC)CCCCC.O=C(O)c1ccccc1SSc1ccccc1C(=O)O. The Labute approximate surface area is 258 Å². The minimum absolute atomic E-state index is 0.206. The van der Waals surface area contributed by atoms with Gasteiger partial charge in [0.25, 0.3) is 0 Å². The second-order valence-electron chi connectivity index (χ2n) is 10.8. The second kappa shape index (κ2) is 23.0. The van der Waals surface area contributed by atoms with Crippen LogP contribution in [0.5, 0.6) is 0 Å². The molecular weight excluding hydrogens is 567 g/mol. The first kappa shape index (κ1) is 37.5. The number of carbonyl (C=O) groups is 2. The van der Waals surface area contributed by atoms with Gasteiger partial charge in [-0.05, 0) is 49.9 Å². The number of rotatable bonds is 21. The maximum absolute atomic E-state index is 11.1. The van der Waals surface area contributed by atoms with E-state index >= 15 is 0 Å². The van der Waals surface area contributed by atoms with Crippen LogP contribution >= 0.6 is 28.9 Å². The van der Waals surface area contributed by atoms with Crippen LogP contribution in [0.1, 0.15) is 125 Å². The van der Waals surface area contributed by atoms with E-state index in [0.717, 1.165) is 0 Å². The van der Waals surface area contributed by atoms with Gasteiger partial charge >= 0.3 is 11.9 Å². The Morgan fingerprint density at radius 3 is 1.10 bits per heavy atom. The smallest absolute Gasteiger partial charge is 0.336 e. The average Bonchev–Trinajstić information content (AvgIpc) is 2.97. The quantitative estimate of drug-likeness (QED) is 0.0820. The molecule has 0 aliphatic rings. The first-order valence-electron chi connectivity index (χ1n) is 15.7. The van der Waals surface area contributed by atoms with Gasteiger partial charge in [0.2, 0.25) is 0 Å². The van der Waals surface area contributed by atoms with Gasteiger partial charge in [-0.2, -0.15) is 0 Å². The zero-order valence-electron chi connectivity index (χ0n) is 25.9. The molecule has 0 unspecified atom stereocenters. The molecule has 41 heavy (non-hydrogen) atoms.